The highest BCUT2D eigenvalue weighted by molar-refractivity contribution is 5.49. The first-order chi connectivity index (χ1) is 8.19. The van der Waals surface area contributed by atoms with Crippen LogP contribution in [0.1, 0.15) is 40.0 Å². The minimum absolute atomic E-state index is 0.283. The number of nitrogens with one attached hydrogen (secondary N) is 1. The van der Waals surface area contributed by atoms with Crippen molar-refractivity contribution < 1.29 is 4.74 Å². The molecule has 2 nitrogen and oxygen atoms in total. The van der Waals surface area contributed by atoms with Crippen molar-refractivity contribution in [2.45, 2.75) is 52.2 Å². The second kappa shape index (κ2) is 5.44. The predicted molar refractivity (Wildman–Crippen MR) is 72.6 cm³/mol. The highest BCUT2D eigenvalue weighted by atomic mass is 16.5. The summed E-state index contributed by atoms with van der Waals surface area (Å²) in [5.74, 6) is 1.83. The molecule has 1 saturated carbocycles. The molecular weight excluding hydrogens is 210 g/mol. The monoisotopic (exact) mass is 233 g/mol. The van der Waals surface area contributed by atoms with Crippen LogP contribution < -0.4 is 10.1 Å². The van der Waals surface area contributed by atoms with E-state index in [1.807, 2.05) is 6.07 Å². The number of anilines is 1. The van der Waals surface area contributed by atoms with Gasteiger partial charge in [-0.1, -0.05) is 13.0 Å². The van der Waals surface area contributed by atoms with Crippen LogP contribution in [0.15, 0.2) is 24.3 Å². The van der Waals surface area contributed by atoms with E-state index in [1.165, 1.54) is 18.5 Å². The fraction of sp³-hybridized carbons (Fsp3) is 0.600. The van der Waals surface area contributed by atoms with Gasteiger partial charge < -0.3 is 10.1 Å². The number of rotatable bonds is 6. The maximum absolute atomic E-state index is 5.82. The van der Waals surface area contributed by atoms with E-state index in [-0.39, 0.29) is 6.10 Å². The van der Waals surface area contributed by atoms with Gasteiger partial charge in [0.2, 0.25) is 0 Å². The van der Waals surface area contributed by atoms with Crippen molar-refractivity contribution in [2.24, 2.45) is 5.92 Å². The Morgan fingerprint density at radius 2 is 2.12 bits per heavy atom. The average molecular weight is 233 g/mol. The van der Waals surface area contributed by atoms with E-state index in [2.05, 4.69) is 44.3 Å². The molecule has 94 valence electrons. The van der Waals surface area contributed by atoms with Gasteiger partial charge in [-0.2, -0.15) is 0 Å². The van der Waals surface area contributed by atoms with Gasteiger partial charge in [-0.25, -0.2) is 0 Å². The van der Waals surface area contributed by atoms with Crippen molar-refractivity contribution in [3.63, 3.8) is 0 Å². The first-order valence-electron chi connectivity index (χ1n) is 6.72. The van der Waals surface area contributed by atoms with Gasteiger partial charge >= 0.3 is 0 Å². The Hall–Kier alpha value is -1.18. The molecule has 1 fully saturated rings. The number of hydrogen-bond acceptors (Lipinski definition) is 2. The molecule has 0 heterocycles. The normalized spacial score (nSPS) is 18.5. The lowest BCUT2D eigenvalue weighted by Crippen LogP contribution is -2.17. The first-order valence-corrected chi connectivity index (χ1v) is 6.72. The van der Waals surface area contributed by atoms with Crippen LogP contribution in [-0.4, -0.2) is 12.1 Å². The molecular formula is C15H23NO. The molecule has 0 amide bonds. The highest BCUT2D eigenvalue weighted by Crippen LogP contribution is 2.34. The summed E-state index contributed by atoms with van der Waals surface area (Å²) in [6.07, 6.45) is 4.07. The molecule has 0 aromatic heterocycles. The Morgan fingerprint density at radius 3 is 2.76 bits per heavy atom. The standard InChI is InChI=1S/C15H23NO/c1-4-11(2)17-15-7-5-6-14(10-15)16-12(3)13-8-9-13/h5-7,10-13,16H,4,8-9H2,1-3H3. The molecule has 1 aromatic carbocycles. The third-order valence-corrected chi connectivity index (χ3v) is 3.47. The summed E-state index contributed by atoms with van der Waals surface area (Å²) in [4.78, 5) is 0. The summed E-state index contributed by atoms with van der Waals surface area (Å²) < 4.78 is 5.82. The quantitative estimate of drug-likeness (QED) is 0.799. The van der Waals surface area contributed by atoms with Gasteiger partial charge in [-0.3, -0.25) is 0 Å². The van der Waals surface area contributed by atoms with Gasteiger partial charge in [0.25, 0.3) is 0 Å². The van der Waals surface area contributed by atoms with E-state index in [0.29, 0.717) is 6.04 Å². The Labute approximate surface area is 104 Å². The zero-order chi connectivity index (χ0) is 12.3. The SMILES string of the molecule is CCC(C)Oc1cccc(NC(C)C2CC2)c1. The van der Waals surface area contributed by atoms with Crippen molar-refractivity contribution in [3.8, 4) is 5.75 Å². The summed E-state index contributed by atoms with van der Waals surface area (Å²) in [6, 6.07) is 8.88. The van der Waals surface area contributed by atoms with Crippen LogP contribution in [0.4, 0.5) is 5.69 Å². The summed E-state index contributed by atoms with van der Waals surface area (Å²) in [6.45, 7) is 6.51. The number of ether oxygens (including phenoxy) is 1. The molecule has 0 saturated heterocycles. The van der Waals surface area contributed by atoms with Crippen LogP contribution in [0, 0.1) is 5.92 Å². The largest absolute Gasteiger partial charge is 0.491 e. The van der Waals surface area contributed by atoms with E-state index in [4.69, 9.17) is 4.74 Å². The molecule has 2 rings (SSSR count). The lowest BCUT2D eigenvalue weighted by atomic mass is 10.2. The van der Waals surface area contributed by atoms with Gasteiger partial charge in [-0.15, -0.1) is 0 Å². The highest BCUT2D eigenvalue weighted by Gasteiger charge is 2.27. The summed E-state index contributed by atoms with van der Waals surface area (Å²) in [5.41, 5.74) is 1.17. The third-order valence-electron chi connectivity index (χ3n) is 3.47. The Morgan fingerprint density at radius 1 is 1.35 bits per heavy atom. The molecule has 1 N–H and O–H groups in total. The lowest BCUT2D eigenvalue weighted by Gasteiger charge is -2.17. The van der Waals surface area contributed by atoms with E-state index >= 15 is 0 Å². The van der Waals surface area contributed by atoms with Gasteiger partial charge in [0.15, 0.2) is 0 Å². The molecule has 0 radical (unpaired) electrons. The van der Waals surface area contributed by atoms with Crippen LogP contribution >= 0.6 is 0 Å². The molecule has 17 heavy (non-hydrogen) atoms. The van der Waals surface area contributed by atoms with Gasteiger partial charge in [-0.05, 0) is 51.2 Å². The summed E-state index contributed by atoms with van der Waals surface area (Å²) in [7, 11) is 0. The van der Waals surface area contributed by atoms with Gasteiger partial charge in [0.1, 0.15) is 5.75 Å². The third kappa shape index (κ3) is 3.65. The molecule has 1 aliphatic rings. The van der Waals surface area contributed by atoms with Crippen LogP contribution in [0.25, 0.3) is 0 Å². The molecule has 0 aliphatic heterocycles. The second-order valence-corrected chi connectivity index (χ2v) is 5.13. The van der Waals surface area contributed by atoms with E-state index in [9.17, 15) is 0 Å². The summed E-state index contributed by atoms with van der Waals surface area (Å²) in [5, 5.41) is 3.56. The fourth-order valence-corrected chi connectivity index (χ4v) is 1.95. The number of hydrogen-bond donors (Lipinski definition) is 1. The van der Waals surface area contributed by atoms with Crippen molar-refractivity contribution in [3.05, 3.63) is 24.3 Å². The minimum atomic E-state index is 0.283. The zero-order valence-corrected chi connectivity index (χ0v) is 11.1. The second-order valence-electron chi connectivity index (χ2n) is 5.13. The van der Waals surface area contributed by atoms with Crippen molar-refractivity contribution in [1.29, 1.82) is 0 Å². The fourth-order valence-electron chi connectivity index (χ4n) is 1.95. The average Bonchev–Trinajstić information content (AvgIpc) is 3.13. The summed E-state index contributed by atoms with van der Waals surface area (Å²) >= 11 is 0. The van der Waals surface area contributed by atoms with Crippen molar-refractivity contribution >= 4 is 5.69 Å². The Bertz CT molecular complexity index is 360. The van der Waals surface area contributed by atoms with E-state index in [1.54, 1.807) is 0 Å². The van der Waals surface area contributed by atoms with Crippen LogP contribution in [0.3, 0.4) is 0 Å². The van der Waals surface area contributed by atoms with E-state index < -0.39 is 0 Å². The lowest BCUT2D eigenvalue weighted by molar-refractivity contribution is 0.217. The van der Waals surface area contributed by atoms with Crippen molar-refractivity contribution in [1.82, 2.24) is 0 Å². The Balaban J connectivity index is 1.95. The van der Waals surface area contributed by atoms with Crippen molar-refractivity contribution in [2.75, 3.05) is 5.32 Å². The minimum Gasteiger partial charge on any atom is -0.491 e. The molecule has 0 bridgehead atoms. The Kier molecular flexibility index (Phi) is 3.93. The first kappa shape index (κ1) is 12.3. The van der Waals surface area contributed by atoms with Gasteiger partial charge in [0, 0.05) is 17.8 Å². The maximum Gasteiger partial charge on any atom is 0.121 e. The van der Waals surface area contributed by atoms with Crippen LogP contribution in [0.5, 0.6) is 5.75 Å². The van der Waals surface area contributed by atoms with Crippen LogP contribution in [0.2, 0.25) is 0 Å². The molecule has 2 unspecified atom stereocenters. The zero-order valence-electron chi connectivity index (χ0n) is 11.1. The maximum atomic E-state index is 5.82. The topological polar surface area (TPSA) is 21.3 Å². The molecule has 2 atom stereocenters. The molecule has 1 aromatic rings. The van der Waals surface area contributed by atoms with Gasteiger partial charge in [0.05, 0.1) is 6.10 Å². The van der Waals surface area contributed by atoms with E-state index in [0.717, 1.165) is 18.1 Å². The predicted octanol–water partition coefficient (Wildman–Crippen LogP) is 4.07. The smallest absolute Gasteiger partial charge is 0.121 e. The molecule has 2 heteroatoms. The van der Waals surface area contributed by atoms with Crippen LogP contribution in [-0.2, 0) is 0 Å². The number of benzene rings is 1. The molecule has 1 aliphatic carbocycles. The molecule has 0 spiro atoms.